The molecule has 11 heteroatoms. The van der Waals surface area contributed by atoms with Crippen LogP contribution in [0.1, 0.15) is 0 Å². The van der Waals surface area contributed by atoms with Gasteiger partial charge in [-0.3, -0.25) is 0 Å². The Balaban J connectivity index is 2.14. The monoisotopic (exact) mass is 342 g/mol. The van der Waals surface area contributed by atoms with Gasteiger partial charge in [0.2, 0.25) is 0 Å². The second kappa shape index (κ2) is 7.63. The summed E-state index contributed by atoms with van der Waals surface area (Å²) in [6, 6.07) is 0. The first-order valence-corrected chi connectivity index (χ1v) is 7.08. The van der Waals surface area contributed by atoms with Crippen molar-refractivity contribution >= 4 is 0 Å². The predicted molar refractivity (Wildman–Crippen MR) is 68.3 cm³/mol. The van der Waals surface area contributed by atoms with Crippen LogP contribution in [-0.2, 0) is 14.2 Å². The van der Waals surface area contributed by atoms with Crippen molar-refractivity contribution in [2.45, 2.75) is 55.5 Å². The van der Waals surface area contributed by atoms with Crippen molar-refractivity contribution in [3.05, 3.63) is 0 Å². The highest BCUT2D eigenvalue weighted by Gasteiger charge is 2.50. The number of hydrogen-bond acceptors (Lipinski definition) is 11. The number of hydrogen-bond donors (Lipinski definition) is 8. The Labute approximate surface area is 130 Å². The average molecular weight is 342 g/mol. The third-order valence-corrected chi connectivity index (χ3v) is 4.05. The van der Waals surface area contributed by atoms with E-state index in [2.05, 4.69) is 0 Å². The molecule has 0 aromatic heterocycles. The molecule has 0 unspecified atom stereocenters. The highest BCUT2D eigenvalue weighted by Crippen LogP contribution is 2.30. The number of ether oxygens (including phenoxy) is 3. The molecule has 2 heterocycles. The topological polar surface area (TPSA) is 190 Å². The second-order valence-electron chi connectivity index (χ2n) is 5.55. The van der Waals surface area contributed by atoms with Gasteiger partial charge in [0.15, 0.2) is 18.9 Å². The maximum absolute atomic E-state index is 9.96. The minimum atomic E-state index is -1.80. The van der Waals surface area contributed by atoms with Crippen LogP contribution in [0.2, 0.25) is 0 Å². The van der Waals surface area contributed by atoms with Crippen LogP contribution in [0.5, 0.6) is 0 Å². The van der Waals surface area contributed by atoms with Crippen molar-refractivity contribution in [2.75, 3.05) is 13.2 Å². The first-order valence-electron chi connectivity index (χ1n) is 7.08. The van der Waals surface area contributed by atoms with E-state index in [1.54, 1.807) is 0 Å². The summed E-state index contributed by atoms with van der Waals surface area (Å²) in [4.78, 5) is 0. The Bertz CT molecular complexity index is 380. The Morgan fingerprint density at radius 1 is 0.696 bits per heavy atom. The Kier molecular flexibility index (Phi) is 6.27. The van der Waals surface area contributed by atoms with Crippen LogP contribution in [0.4, 0.5) is 0 Å². The zero-order chi connectivity index (χ0) is 17.3. The molecule has 136 valence electrons. The van der Waals surface area contributed by atoms with Gasteiger partial charge in [-0.1, -0.05) is 0 Å². The fraction of sp³-hybridized carbons (Fsp3) is 1.00. The summed E-state index contributed by atoms with van der Waals surface area (Å²) < 4.78 is 15.2. The number of rotatable bonds is 4. The van der Waals surface area contributed by atoms with Gasteiger partial charge in [-0.15, -0.1) is 0 Å². The van der Waals surface area contributed by atoms with E-state index in [0.717, 1.165) is 0 Å². The zero-order valence-electron chi connectivity index (χ0n) is 12.0. The van der Waals surface area contributed by atoms with Crippen LogP contribution in [-0.4, -0.2) is 110 Å². The molecule has 23 heavy (non-hydrogen) atoms. The van der Waals surface area contributed by atoms with E-state index in [0.29, 0.717) is 0 Å². The summed E-state index contributed by atoms with van der Waals surface area (Å²) in [5.41, 5.74) is 0. The molecule has 2 rings (SSSR count). The van der Waals surface area contributed by atoms with Gasteiger partial charge in [-0.25, -0.2) is 0 Å². The van der Waals surface area contributed by atoms with Crippen molar-refractivity contribution in [3.63, 3.8) is 0 Å². The third kappa shape index (κ3) is 3.65. The standard InChI is InChI=1S/C12H22O11/c13-1-3-5(15)7(17)11(20)23-12(3)22-9-4(2-14)21-10(19)8(18)6(9)16/h3-20H,1-2H2/t3-,4-,5-,6-,7+,8-,9-,10-,11-,12-/m1/s1. The Morgan fingerprint density at radius 2 is 1.26 bits per heavy atom. The van der Waals surface area contributed by atoms with E-state index >= 15 is 0 Å². The van der Waals surface area contributed by atoms with E-state index < -0.39 is 74.6 Å². The summed E-state index contributed by atoms with van der Waals surface area (Å²) in [6.07, 6.45) is -14.2. The lowest BCUT2D eigenvalue weighted by molar-refractivity contribution is -0.370. The average Bonchev–Trinajstić information content (AvgIpc) is 2.53. The maximum atomic E-state index is 9.96. The van der Waals surface area contributed by atoms with E-state index in [1.807, 2.05) is 0 Å². The predicted octanol–water partition coefficient (Wildman–Crippen LogP) is -5.19. The van der Waals surface area contributed by atoms with Gasteiger partial charge in [0.25, 0.3) is 0 Å². The van der Waals surface area contributed by atoms with Gasteiger partial charge < -0.3 is 55.1 Å². The van der Waals surface area contributed by atoms with Gasteiger partial charge >= 0.3 is 0 Å². The van der Waals surface area contributed by atoms with Crippen molar-refractivity contribution in [1.29, 1.82) is 0 Å². The van der Waals surface area contributed by atoms with Crippen LogP contribution in [0.15, 0.2) is 0 Å². The van der Waals surface area contributed by atoms with Crippen molar-refractivity contribution in [1.82, 2.24) is 0 Å². The molecule has 0 saturated carbocycles. The molecule has 2 aliphatic heterocycles. The molecule has 0 aromatic rings. The van der Waals surface area contributed by atoms with Gasteiger partial charge in [-0.2, -0.15) is 0 Å². The Morgan fingerprint density at radius 3 is 1.83 bits per heavy atom. The molecule has 0 aromatic carbocycles. The molecule has 11 nitrogen and oxygen atoms in total. The molecule has 2 fully saturated rings. The smallest absolute Gasteiger partial charge is 0.186 e. The largest absolute Gasteiger partial charge is 0.396 e. The van der Waals surface area contributed by atoms with E-state index in [9.17, 15) is 40.9 Å². The van der Waals surface area contributed by atoms with Crippen molar-refractivity contribution in [2.24, 2.45) is 5.92 Å². The fourth-order valence-corrected chi connectivity index (χ4v) is 2.62. The lowest BCUT2D eigenvalue weighted by atomic mass is 9.93. The minimum Gasteiger partial charge on any atom is -0.396 e. The zero-order valence-corrected chi connectivity index (χ0v) is 12.0. The first kappa shape index (κ1) is 18.9. The quantitative estimate of drug-likeness (QED) is 0.244. The van der Waals surface area contributed by atoms with Crippen LogP contribution in [0.25, 0.3) is 0 Å². The molecule has 0 radical (unpaired) electrons. The van der Waals surface area contributed by atoms with E-state index in [1.165, 1.54) is 0 Å². The van der Waals surface area contributed by atoms with Crippen molar-refractivity contribution < 1.29 is 55.1 Å². The Hall–Kier alpha value is -0.440. The summed E-state index contributed by atoms with van der Waals surface area (Å²) in [5, 5.41) is 76.4. The van der Waals surface area contributed by atoms with Gasteiger partial charge in [-0.05, 0) is 0 Å². The van der Waals surface area contributed by atoms with Gasteiger partial charge in [0.1, 0.15) is 30.5 Å². The molecule has 2 aliphatic rings. The lowest BCUT2D eigenvalue weighted by Crippen LogP contribution is -2.63. The molecule has 10 atom stereocenters. The number of aliphatic hydroxyl groups is 8. The van der Waals surface area contributed by atoms with E-state index in [-0.39, 0.29) is 0 Å². The molecule has 0 spiro atoms. The molecule has 8 N–H and O–H groups in total. The first-order chi connectivity index (χ1) is 10.8. The summed E-state index contributed by atoms with van der Waals surface area (Å²) in [7, 11) is 0. The molecule has 2 saturated heterocycles. The highest BCUT2D eigenvalue weighted by molar-refractivity contribution is 4.92. The lowest BCUT2D eigenvalue weighted by Gasteiger charge is -2.45. The molecular formula is C12H22O11. The SMILES string of the molecule is OC[C@H]1[C@H](O[C@H]2[C@H](O)[C@@H](O)[C@H](O)O[C@@H]2CO)O[C@@H](O)[C@@H](O)[C@@H]1O. The highest BCUT2D eigenvalue weighted by atomic mass is 16.8. The van der Waals surface area contributed by atoms with Crippen LogP contribution >= 0.6 is 0 Å². The number of aliphatic hydroxyl groups excluding tert-OH is 8. The second-order valence-corrected chi connectivity index (χ2v) is 5.55. The van der Waals surface area contributed by atoms with Crippen LogP contribution < -0.4 is 0 Å². The van der Waals surface area contributed by atoms with Gasteiger partial charge in [0, 0.05) is 0 Å². The van der Waals surface area contributed by atoms with E-state index in [4.69, 9.17) is 14.2 Å². The molecule has 0 bridgehead atoms. The summed E-state index contributed by atoms with van der Waals surface area (Å²) in [6.45, 7) is -1.34. The van der Waals surface area contributed by atoms with Crippen LogP contribution in [0, 0.1) is 5.92 Å². The fourth-order valence-electron chi connectivity index (χ4n) is 2.62. The summed E-state index contributed by atoms with van der Waals surface area (Å²) in [5.74, 6) is -1.16. The minimum absolute atomic E-state index is 0.671. The van der Waals surface area contributed by atoms with Crippen molar-refractivity contribution in [3.8, 4) is 0 Å². The molecule has 0 amide bonds. The normalized spacial score (nSPS) is 51.7. The van der Waals surface area contributed by atoms with Crippen LogP contribution in [0.3, 0.4) is 0 Å². The molecular weight excluding hydrogens is 320 g/mol. The maximum Gasteiger partial charge on any atom is 0.186 e. The molecule has 0 aliphatic carbocycles. The van der Waals surface area contributed by atoms with Gasteiger partial charge in [0.05, 0.1) is 25.2 Å². The third-order valence-electron chi connectivity index (χ3n) is 4.05. The summed E-state index contributed by atoms with van der Waals surface area (Å²) >= 11 is 0.